The summed E-state index contributed by atoms with van der Waals surface area (Å²) in [6, 6.07) is -0.202. The smallest absolute Gasteiger partial charge is 0.317 e. The number of nitrogens with zero attached hydrogens (tertiary/aromatic N) is 2. The first-order valence-corrected chi connectivity index (χ1v) is 5.92. The number of hydrogen-bond donors (Lipinski definition) is 1. The summed E-state index contributed by atoms with van der Waals surface area (Å²) in [7, 11) is 5.21. The van der Waals surface area contributed by atoms with E-state index in [1.54, 1.807) is 4.90 Å². The van der Waals surface area contributed by atoms with E-state index < -0.39 is 11.3 Å². The lowest BCUT2D eigenvalue weighted by Crippen LogP contribution is -2.41. The quantitative estimate of drug-likeness (QED) is 0.364. The molecule has 0 aromatic carbocycles. The second kappa shape index (κ2) is 4.56. The first-order valence-electron chi connectivity index (χ1n) is 4.88. The van der Waals surface area contributed by atoms with Crippen LogP contribution in [0.1, 0.15) is 0 Å². The molecule has 0 saturated heterocycles. The second-order valence-corrected chi connectivity index (χ2v) is 4.71. The molecule has 86 valence electrons. The van der Waals surface area contributed by atoms with Crippen molar-refractivity contribution in [2.45, 2.75) is 0 Å². The van der Waals surface area contributed by atoms with Gasteiger partial charge in [0.2, 0.25) is 0 Å². The lowest BCUT2D eigenvalue weighted by Gasteiger charge is -2.23. The summed E-state index contributed by atoms with van der Waals surface area (Å²) in [6.45, 7) is 1.79. The van der Waals surface area contributed by atoms with Gasteiger partial charge in [0.15, 0.2) is 0 Å². The largest absolute Gasteiger partial charge is 0.760 e. The highest BCUT2D eigenvalue weighted by atomic mass is 32.2. The van der Waals surface area contributed by atoms with Crippen molar-refractivity contribution in [3.8, 4) is 0 Å². The zero-order valence-corrected chi connectivity index (χ0v) is 9.46. The van der Waals surface area contributed by atoms with Gasteiger partial charge in [0, 0.05) is 37.4 Å². The maximum atomic E-state index is 11.5. The fourth-order valence-electron chi connectivity index (χ4n) is 1.99. The van der Waals surface area contributed by atoms with Gasteiger partial charge < -0.3 is 14.8 Å². The average molecular weight is 240 g/mol. The molecule has 2 heterocycles. The zero-order valence-electron chi connectivity index (χ0n) is 8.64. The molecule has 2 aliphatic heterocycles. The first-order chi connectivity index (χ1) is 7.61. The van der Waals surface area contributed by atoms with Crippen molar-refractivity contribution in [1.82, 2.24) is 14.5 Å². The summed E-state index contributed by atoms with van der Waals surface area (Å²) in [4.78, 5) is 13.1. The average Bonchev–Trinajstić information content (AvgIpc) is 2.73. The Balaban J connectivity index is 1.91. The number of carbonyl (C=O) groups excluding carboxylic acids is 1. The molecule has 0 aromatic rings. The Morgan fingerprint density at radius 3 is 2.38 bits per heavy atom. The van der Waals surface area contributed by atoms with Crippen LogP contribution in [0.5, 0.6) is 0 Å². The van der Waals surface area contributed by atoms with Crippen molar-refractivity contribution in [3.63, 3.8) is 0 Å². The number of nitrogens with one attached hydrogen (secondary N) is 1. The molecule has 8 heteroatoms. The standard InChI is InChI=1S/C8H12BN3O3S/c9-5-10-8(13)11-1-6-3-12(16(14)15)4-7(6)2-11/h1-5H2,(H,10,13)(H,14,15)/p-1. The Kier molecular flexibility index (Phi) is 3.31. The van der Waals surface area contributed by atoms with Crippen molar-refractivity contribution in [1.29, 1.82) is 0 Å². The third-order valence-electron chi connectivity index (χ3n) is 2.75. The Hall–Kier alpha value is -0.855. The molecule has 0 bridgehead atoms. The van der Waals surface area contributed by atoms with Gasteiger partial charge in [-0.05, 0) is 17.6 Å². The van der Waals surface area contributed by atoms with Gasteiger partial charge in [0.05, 0.1) is 7.85 Å². The topological polar surface area (TPSA) is 75.7 Å². The maximum absolute atomic E-state index is 11.5. The van der Waals surface area contributed by atoms with Crippen molar-refractivity contribution in [2.75, 3.05) is 32.6 Å². The van der Waals surface area contributed by atoms with E-state index in [4.69, 9.17) is 7.85 Å². The molecule has 0 aliphatic carbocycles. The monoisotopic (exact) mass is 240 g/mol. The highest BCUT2D eigenvalue weighted by Crippen LogP contribution is 2.25. The number of carbonyl (C=O) groups is 1. The van der Waals surface area contributed by atoms with E-state index in [-0.39, 0.29) is 12.5 Å². The second-order valence-electron chi connectivity index (χ2n) is 3.76. The van der Waals surface area contributed by atoms with E-state index in [1.165, 1.54) is 4.31 Å². The molecule has 0 spiro atoms. The van der Waals surface area contributed by atoms with E-state index in [0.717, 1.165) is 11.1 Å². The Morgan fingerprint density at radius 1 is 1.38 bits per heavy atom. The molecular formula is C8H11BN3O3S-. The highest BCUT2D eigenvalue weighted by molar-refractivity contribution is 7.76. The Bertz CT molecular complexity index is 356. The molecule has 2 radical (unpaired) electrons. The van der Waals surface area contributed by atoms with Crippen LogP contribution in [0.15, 0.2) is 11.1 Å². The minimum Gasteiger partial charge on any atom is -0.760 e. The van der Waals surface area contributed by atoms with Crippen molar-refractivity contribution in [2.24, 2.45) is 0 Å². The summed E-state index contributed by atoms with van der Waals surface area (Å²) in [5, 5.41) is 2.51. The van der Waals surface area contributed by atoms with E-state index in [9.17, 15) is 13.6 Å². The lowest BCUT2D eigenvalue weighted by molar-refractivity contribution is 0.210. The SMILES string of the molecule is [B]CNC(=O)N1CC2=C(C1)CN(S(=O)[O-])C2. The maximum Gasteiger partial charge on any atom is 0.317 e. The summed E-state index contributed by atoms with van der Waals surface area (Å²) in [6.07, 6.45) is 0.108. The molecule has 1 N–H and O–H groups in total. The van der Waals surface area contributed by atoms with Gasteiger partial charge in [-0.15, -0.1) is 0 Å². The molecule has 2 aliphatic rings. The molecule has 16 heavy (non-hydrogen) atoms. The number of hydrogen-bond acceptors (Lipinski definition) is 3. The molecule has 1 unspecified atom stereocenters. The minimum absolute atomic E-state index is 0.108. The van der Waals surface area contributed by atoms with Gasteiger partial charge in [0.1, 0.15) is 0 Å². The number of rotatable bonds is 2. The summed E-state index contributed by atoms with van der Waals surface area (Å²) >= 11 is -2.17. The minimum atomic E-state index is -2.17. The van der Waals surface area contributed by atoms with Gasteiger partial charge >= 0.3 is 6.03 Å². The molecule has 0 saturated carbocycles. The van der Waals surface area contributed by atoms with Crippen LogP contribution in [0.25, 0.3) is 0 Å². The molecule has 6 nitrogen and oxygen atoms in total. The van der Waals surface area contributed by atoms with Crippen LogP contribution in [0.4, 0.5) is 4.79 Å². The van der Waals surface area contributed by atoms with Crippen molar-refractivity contribution in [3.05, 3.63) is 11.1 Å². The van der Waals surface area contributed by atoms with Gasteiger partial charge in [-0.25, -0.2) is 9.10 Å². The highest BCUT2D eigenvalue weighted by Gasteiger charge is 2.32. The predicted octanol–water partition coefficient (Wildman–Crippen LogP) is -1.46. The molecule has 2 amide bonds. The van der Waals surface area contributed by atoms with E-state index >= 15 is 0 Å². The van der Waals surface area contributed by atoms with Crippen molar-refractivity contribution < 1.29 is 13.6 Å². The van der Waals surface area contributed by atoms with Gasteiger partial charge in [-0.3, -0.25) is 4.21 Å². The van der Waals surface area contributed by atoms with Crippen molar-refractivity contribution >= 4 is 25.1 Å². The van der Waals surface area contributed by atoms with Gasteiger partial charge in [-0.1, -0.05) is 0 Å². The zero-order chi connectivity index (χ0) is 11.7. The number of urea groups is 1. The summed E-state index contributed by atoms with van der Waals surface area (Å²) in [5.41, 5.74) is 2.05. The summed E-state index contributed by atoms with van der Waals surface area (Å²) in [5.74, 6) is 0. The third-order valence-corrected chi connectivity index (χ3v) is 3.43. The number of amides is 2. The van der Waals surface area contributed by atoms with E-state index in [0.29, 0.717) is 26.2 Å². The molecular weight excluding hydrogens is 229 g/mol. The molecule has 2 rings (SSSR count). The van der Waals surface area contributed by atoms with Crippen LogP contribution in [0, 0.1) is 0 Å². The van der Waals surface area contributed by atoms with Crippen LogP contribution in [-0.2, 0) is 11.3 Å². The van der Waals surface area contributed by atoms with E-state index in [1.807, 2.05) is 0 Å². The first kappa shape index (κ1) is 11.6. The van der Waals surface area contributed by atoms with Crippen LogP contribution in [-0.4, -0.2) is 64.5 Å². The third kappa shape index (κ3) is 2.13. The molecule has 0 aromatic heterocycles. The normalized spacial score (nSPS) is 22.4. The summed E-state index contributed by atoms with van der Waals surface area (Å²) < 4.78 is 22.8. The van der Waals surface area contributed by atoms with E-state index in [2.05, 4.69) is 5.32 Å². The van der Waals surface area contributed by atoms with Crippen LogP contribution in [0.3, 0.4) is 0 Å². The molecule has 1 atom stereocenters. The van der Waals surface area contributed by atoms with Crippen LogP contribution < -0.4 is 5.32 Å². The predicted molar refractivity (Wildman–Crippen MR) is 58.2 cm³/mol. The Labute approximate surface area is 97.5 Å². The van der Waals surface area contributed by atoms with Crippen LogP contribution >= 0.6 is 0 Å². The van der Waals surface area contributed by atoms with Gasteiger partial charge in [-0.2, -0.15) is 0 Å². The fourth-order valence-corrected chi connectivity index (χ4v) is 2.52. The Morgan fingerprint density at radius 2 is 1.94 bits per heavy atom. The fraction of sp³-hybridized carbons (Fsp3) is 0.625. The van der Waals surface area contributed by atoms with Crippen LogP contribution in [0.2, 0.25) is 0 Å². The van der Waals surface area contributed by atoms with Gasteiger partial charge in [0.25, 0.3) is 0 Å². The molecule has 0 fully saturated rings. The lowest BCUT2D eigenvalue weighted by atomic mass is 10.2.